The molecule has 0 aromatic rings. The second-order valence-corrected chi connectivity index (χ2v) is 6.18. The Morgan fingerprint density at radius 1 is 1.16 bits per heavy atom. The number of phosphoric ester groups is 1. The zero-order valence-corrected chi connectivity index (χ0v) is 12.0. The zero-order valence-electron chi connectivity index (χ0n) is 10.2. The fourth-order valence-corrected chi connectivity index (χ4v) is 2.63. The Hall–Kier alpha value is -0.470. The molecule has 1 atom stereocenters. The number of nitrogens with one attached hydrogen (secondary N) is 1. The number of hydrogen-bond acceptors (Lipinski definition) is 6. The van der Waals surface area contributed by atoms with Gasteiger partial charge < -0.3 is 24.7 Å². The van der Waals surface area contributed by atoms with Gasteiger partial charge in [0, 0.05) is 6.54 Å². The van der Waals surface area contributed by atoms with E-state index in [2.05, 4.69) is 18.9 Å². The number of hydrogen-bond donors (Lipinski definition) is 4. The van der Waals surface area contributed by atoms with Gasteiger partial charge in [-0.1, -0.05) is 0 Å². The Kier molecular flexibility index (Phi) is 8.44. The van der Waals surface area contributed by atoms with Crippen molar-refractivity contribution in [3.05, 3.63) is 0 Å². The predicted octanol–water partition coefficient (Wildman–Crippen LogP) is 0.739. The molecule has 0 aliphatic heterocycles. The second kappa shape index (κ2) is 8.65. The monoisotopic (exact) mass is 321 g/mol. The highest BCUT2D eigenvalue weighted by molar-refractivity contribution is 7.60. The van der Waals surface area contributed by atoms with E-state index in [-0.39, 0.29) is 6.61 Å². The summed E-state index contributed by atoms with van der Waals surface area (Å²) in [4.78, 5) is 36.2. The van der Waals surface area contributed by atoms with Crippen molar-refractivity contribution < 1.29 is 42.2 Å². The van der Waals surface area contributed by atoms with Crippen LogP contribution in [-0.4, -0.2) is 41.0 Å². The van der Waals surface area contributed by atoms with Gasteiger partial charge in [0.25, 0.3) is 0 Å². The molecule has 114 valence electrons. The molecule has 1 amide bonds. The quantitative estimate of drug-likeness (QED) is 0.356. The maximum absolute atomic E-state index is 11.0. The molecular weight excluding hydrogens is 304 g/mol. The van der Waals surface area contributed by atoms with E-state index in [4.69, 9.17) is 14.7 Å². The number of amides is 1. The Labute approximate surface area is 109 Å². The lowest BCUT2D eigenvalue weighted by Gasteiger charge is -2.12. The molecule has 0 heterocycles. The van der Waals surface area contributed by atoms with E-state index in [1.807, 2.05) is 0 Å². The third-order valence-electron chi connectivity index (χ3n) is 1.74. The van der Waals surface area contributed by atoms with Crippen molar-refractivity contribution in [2.75, 3.05) is 20.3 Å². The van der Waals surface area contributed by atoms with E-state index in [1.54, 1.807) is 0 Å². The number of phosphoric acid groups is 2. The molecule has 0 bridgehead atoms. The summed E-state index contributed by atoms with van der Waals surface area (Å²) in [6, 6.07) is 0. The Morgan fingerprint density at radius 2 is 1.79 bits per heavy atom. The minimum atomic E-state index is -5.07. The smallest absolute Gasteiger partial charge is 0.453 e. The second-order valence-electron chi connectivity index (χ2n) is 3.35. The lowest BCUT2D eigenvalue weighted by atomic mass is 10.2. The van der Waals surface area contributed by atoms with Gasteiger partial charge in [-0.3, -0.25) is 4.52 Å². The summed E-state index contributed by atoms with van der Waals surface area (Å²) in [5.74, 6) is 0. The van der Waals surface area contributed by atoms with Crippen LogP contribution in [-0.2, 0) is 22.7 Å². The van der Waals surface area contributed by atoms with Crippen molar-refractivity contribution in [1.29, 1.82) is 0 Å². The Morgan fingerprint density at radius 3 is 2.32 bits per heavy atom. The maximum atomic E-state index is 11.0. The molecular formula is C7H17NO9P2. The normalized spacial score (nSPS) is 14.7. The average molecular weight is 321 g/mol. The van der Waals surface area contributed by atoms with E-state index in [0.29, 0.717) is 25.8 Å². The van der Waals surface area contributed by atoms with E-state index < -0.39 is 21.7 Å². The number of carbonyl (C=O) groups is 1. The number of ether oxygens (including phenoxy) is 1. The maximum Gasteiger partial charge on any atom is 0.481 e. The van der Waals surface area contributed by atoms with Crippen molar-refractivity contribution in [2.24, 2.45) is 0 Å². The number of carbonyl (C=O) groups excluding carboxylic acids is 1. The zero-order chi connectivity index (χ0) is 14.9. The van der Waals surface area contributed by atoms with Crippen LogP contribution in [0.4, 0.5) is 4.79 Å². The molecule has 10 nitrogen and oxygen atoms in total. The van der Waals surface area contributed by atoms with E-state index in [1.165, 1.54) is 7.11 Å². The molecule has 12 heteroatoms. The van der Waals surface area contributed by atoms with Crippen molar-refractivity contribution in [2.45, 2.75) is 19.3 Å². The molecule has 0 saturated heterocycles. The van der Waals surface area contributed by atoms with Gasteiger partial charge in [0.1, 0.15) is 0 Å². The van der Waals surface area contributed by atoms with Gasteiger partial charge in [-0.2, -0.15) is 4.31 Å². The number of rotatable bonds is 9. The van der Waals surface area contributed by atoms with Crippen molar-refractivity contribution >= 4 is 21.7 Å². The van der Waals surface area contributed by atoms with Gasteiger partial charge in [0.15, 0.2) is 0 Å². The average Bonchev–Trinajstić information content (AvgIpc) is 2.23. The number of methoxy groups -OCH3 is 1. The Bertz CT molecular complexity index is 368. The van der Waals surface area contributed by atoms with E-state index in [9.17, 15) is 13.9 Å². The van der Waals surface area contributed by atoms with E-state index >= 15 is 0 Å². The lowest BCUT2D eigenvalue weighted by molar-refractivity contribution is 0.170. The summed E-state index contributed by atoms with van der Waals surface area (Å²) < 4.78 is 33.6. The third-order valence-corrected chi connectivity index (χ3v) is 3.93. The topological polar surface area (TPSA) is 152 Å². The van der Waals surface area contributed by atoms with Gasteiger partial charge >= 0.3 is 21.7 Å². The van der Waals surface area contributed by atoms with Gasteiger partial charge in [-0.15, -0.1) is 0 Å². The van der Waals surface area contributed by atoms with Crippen molar-refractivity contribution in [3.8, 4) is 0 Å². The summed E-state index contributed by atoms with van der Waals surface area (Å²) >= 11 is 0. The largest absolute Gasteiger partial charge is 0.481 e. The highest BCUT2D eigenvalue weighted by atomic mass is 31.3. The molecule has 0 aliphatic carbocycles. The van der Waals surface area contributed by atoms with Crippen LogP contribution in [0.15, 0.2) is 0 Å². The van der Waals surface area contributed by atoms with Crippen LogP contribution in [0.25, 0.3) is 0 Å². The molecule has 0 aliphatic rings. The minimum Gasteiger partial charge on any atom is -0.453 e. The molecule has 0 aromatic carbocycles. The van der Waals surface area contributed by atoms with Gasteiger partial charge in [-0.05, 0) is 19.3 Å². The van der Waals surface area contributed by atoms with Crippen molar-refractivity contribution in [1.82, 2.24) is 5.32 Å². The van der Waals surface area contributed by atoms with Crippen LogP contribution in [0.3, 0.4) is 0 Å². The minimum absolute atomic E-state index is 0.202. The first-order valence-electron chi connectivity index (χ1n) is 5.22. The van der Waals surface area contributed by atoms with Crippen LogP contribution < -0.4 is 5.32 Å². The summed E-state index contributed by atoms with van der Waals surface area (Å²) in [5.41, 5.74) is 0. The molecule has 0 fully saturated rings. The van der Waals surface area contributed by atoms with Crippen LogP contribution in [0.2, 0.25) is 0 Å². The fraction of sp³-hybridized carbons (Fsp3) is 0.857. The summed E-state index contributed by atoms with van der Waals surface area (Å²) in [6.45, 7) is 0.175. The first-order chi connectivity index (χ1) is 8.66. The van der Waals surface area contributed by atoms with Gasteiger partial charge in [0.2, 0.25) is 0 Å². The summed E-state index contributed by atoms with van der Waals surface area (Å²) in [5, 5.41) is 2.44. The molecule has 1 unspecified atom stereocenters. The van der Waals surface area contributed by atoms with E-state index in [0.717, 1.165) is 0 Å². The third kappa shape index (κ3) is 12.3. The molecule has 0 aromatic heterocycles. The van der Waals surface area contributed by atoms with Crippen LogP contribution in [0, 0.1) is 0 Å². The van der Waals surface area contributed by atoms with Crippen LogP contribution in [0.1, 0.15) is 19.3 Å². The molecule has 19 heavy (non-hydrogen) atoms. The first kappa shape index (κ1) is 18.5. The van der Waals surface area contributed by atoms with Crippen LogP contribution in [0.5, 0.6) is 0 Å². The highest BCUT2D eigenvalue weighted by Crippen LogP contribution is 2.57. The molecule has 0 saturated carbocycles. The molecule has 4 N–H and O–H groups in total. The standard InChI is InChI=1S/C7H17NO9P2/c1-15-7(9)8-5-3-2-4-6-16-19(13,14)17-18(10,11)12/h2-6H2,1H3,(H,8,9)(H,13,14)(H2,10,11,12). The SMILES string of the molecule is COC(=O)NCCCCCOP(=O)(O)OP(=O)(O)O. The predicted molar refractivity (Wildman–Crippen MR) is 63.2 cm³/mol. The van der Waals surface area contributed by atoms with Gasteiger partial charge in [0.05, 0.1) is 13.7 Å². The van der Waals surface area contributed by atoms with Crippen LogP contribution >= 0.6 is 15.6 Å². The first-order valence-corrected chi connectivity index (χ1v) is 8.25. The molecule has 0 radical (unpaired) electrons. The lowest BCUT2D eigenvalue weighted by Crippen LogP contribution is -2.23. The van der Waals surface area contributed by atoms with Gasteiger partial charge in [-0.25, -0.2) is 13.9 Å². The summed E-state index contributed by atoms with van der Waals surface area (Å²) in [6.07, 6.45) is 0.969. The number of unbranched alkanes of at least 4 members (excludes halogenated alkanes) is 2. The fourth-order valence-electron chi connectivity index (χ4n) is 1.00. The molecule has 0 spiro atoms. The molecule has 0 rings (SSSR count). The summed E-state index contributed by atoms with van der Waals surface area (Å²) in [7, 11) is -8.57. The highest BCUT2D eigenvalue weighted by Gasteiger charge is 2.31. The Balaban J connectivity index is 3.61. The number of alkyl carbamates (subject to hydrolysis) is 1. The van der Waals surface area contributed by atoms with Crippen molar-refractivity contribution in [3.63, 3.8) is 0 Å².